The van der Waals surface area contributed by atoms with Crippen LogP contribution in [0.4, 0.5) is 0 Å². The fourth-order valence-corrected chi connectivity index (χ4v) is 10.1. The van der Waals surface area contributed by atoms with E-state index in [9.17, 15) is 14.4 Å². The second-order valence-electron chi connectivity index (χ2n) is 21.3. The molecule has 3 N–H and O–H groups in total. The van der Waals surface area contributed by atoms with Gasteiger partial charge in [-0.2, -0.15) is 0 Å². The Hall–Kier alpha value is -2.15. The summed E-state index contributed by atoms with van der Waals surface area (Å²) < 4.78 is 6.39. The van der Waals surface area contributed by atoms with Gasteiger partial charge in [-0.3, -0.25) is 14.4 Å². The third kappa shape index (κ3) is 25.7. The van der Waals surface area contributed by atoms with Gasteiger partial charge >= 0.3 is 0 Å². The summed E-state index contributed by atoms with van der Waals surface area (Å²) in [6.45, 7) is 28.4. The quantitative estimate of drug-likeness (QED) is 0.0444. The molecule has 0 bridgehead atoms. The van der Waals surface area contributed by atoms with E-state index < -0.39 is 0 Å². The number of nitrogens with one attached hydrogen (secondary N) is 3. The molecule has 0 heterocycles. The molecule has 7 heteroatoms. The van der Waals surface area contributed by atoms with Crippen molar-refractivity contribution in [3.05, 3.63) is 24.3 Å². The summed E-state index contributed by atoms with van der Waals surface area (Å²) in [5.74, 6) is 5.15. The minimum absolute atomic E-state index is 0.0439. The van der Waals surface area contributed by atoms with E-state index in [1.807, 2.05) is 0 Å². The second-order valence-corrected chi connectivity index (χ2v) is 21.3. The van der Waals surface area contributed by atoms with E-state index in [0.717, 1.165) is 114 Å². The van der Waals surface area contributed by atoms with E-state index in [4.69, 9.17) is 4.74 Å². The number of unbranched alkanes of at least 4 members (excludes halogenated alkanes) is 3. The van der Waals surface area contributed by atoms with Crippen molar-refractivity contribution in [2.45, 2.75) is 240 Å². The molecular weight excluding hydrogens is 755 g/mol. The minimum atomic E-state index is -0.314. The van der Waals surface area contributed by atoms with Gasteiger partial charge in [-0.15, -0.1) is 13.2 Å². The van der Waals surface area contributed by atoms with Gasteiger partial charge in [0, 0.05) is 44.5 Å². The third-order valence-electron chi connectivity index (χ3n) is 14.7. The lowest BCUT2D eigenvalue weighted by Crippen LogP contribution is -2.48. The highest BCUT2D eigenvalue weighted by Gasteiger charge is 2.31. The van der Waals surface area contributed by atoms with Crippen LogP contribution in [0.3, 0.4) is 0 Å². The molecule has 0 saturated heterocycles. The summed E-state index contributed by atoms with van der Waals surface area (Å²) in [5.41, 5.74) is 2.07. The van der Waals surface area contributed by atoms with Crippen LogP contribution in [0.25, 0.3) is 0 Å². The number of carbonyl (C=O) groups is 3. The van der Waals surface area contributed by atoms with Gasteiger partial charge in [-0.1, -0.05) is 110 Å². The normalized spacial score (nSPS) is 21.8. The first kappa shape index (κ1) is 55.0. The van der Waals surface area contributed by atoms with Crippen molar-refractivity contribution in [3.63, 3.8) is 0 Å². The van der Waals surface area contributed by atoms with Crippen LogP contribution >= 0.6 is 0 Å². The zero-order valence-electron chi connectivity index (χ0n) is 41.4. The molecule has 5 unspecified atom stereocenters. The Labute approximate surface area is 377 Å². The molecule has 354 valence electrons. The van der Waals surface area contributed by atoms with E-state index >= 15 is 0 Å². The Morgan fingerprint density at radius 2 is 1.21 bits per heavy atom. The molecule has 7 nitrogen and oxygen atoms in total. The van der Waals surface area contributed by atoms with E-state index in [2.05, 4.69) is 84.5 Å². The molecule has 0 radical (unpaired) electrons. The van der Waals surface area contributed by atoms with Gasteiger partial charge in [-0.05, 0) is 152 Å². The van der Waals surface area contributed by atoms with Gasteiger partial charge in [-0.25, -0.2) is 0 Å². The van der Waals surface area contributed by atoms with Crippen molar-refractivity contribution in [1.29, 1.82) is 0 Å². The number of allylic oxidation sites excluding steroid dienone is 2. The number of hydrogen-bond acceptors (Lipinski definition) is 4. The Morgan fingerprint density at radius 1 is 0.656 bits per heavy atom. The van der Waals surface area contributed by atoms with Crippen LogP contribution in [0.5, 0.6) is 0 Å². The molecule has 0 spiro atoms. The first-order valence-corrected chi connectivity index (χ1v) is 25.9. The summed E-state index contributed by atoms with van der Waals surface area (Å²) in [6, 6.07) is 0. The van der Waals surface area contributed by atoms with Crippen molar-refractivity contribution < 1.29 is 19.1 Å². The van der Waals surface area contributed by atoms with Gasteiger partial charge in [0.1, 0.15) is 0 Å². The Kier molecular flexibility index (Phi) is 28.5. The number of hydrogen-bond donors (Lipinski definition) is 3. The van der Waals surface area contributed by atoms with Crippen LogP contribution < -0.4 is 16.0 Å². The average Bonchev–Trinajstić information content (AvgIpc) is 3.21. The van der Waals surface area contributed by atoms with E-state index in [0.29, 0.717) is 62.6 Å². The maximum Gasteiger partial charge on any atom is 0.220 e. The van der Waals surface area contributed by atoms with E-state index in [1.54, 1.807) is 0 Å². The Morgan fingerprint density at radius 3 is 1.80 bits per heavy atom. The van der Waals surface area contributed by atoms with Crippen molar-refractivity contribution in [2.24, 2.45) is 41.4 Å². The Bertz CT molecular complexity index is 1220. The van der Waals surface area contributed by atoms with Gasteiger partial charge in [0.05, 0.1) is 6.10 Å². The van der Waals surface area contributed by atoms with Crippen LogP contribution in [-0.2, 0) is 19.1 Å². The zero-order chi connectivity index (χ0) is 45.0. The SMILES string of the molecule is C=C(C)CCCCC(CCCCC(=C)C)(CCCCC(=O)NCCC(C)COC1CC(CC)CCC1C)NC(=O)CCCC(=O)NCC(C)CCCC1CCC(C(C)C)CC1. The molecule has 0 aromatic heterocycles. The molecule has 0 aromatic rings. The topological polar surface area (TPSA) is 96.5 Å². The van der Waals surface area contributed by atoms with Crippen LogP contribution in [0, 0.1) is 41.4 Å². The van der Waals surface area contributed by atoms with Crippen LogP contribution in [0.15, 0.2) is 24.3 Å². The van der Waals surface area contributed by atoms with Crippen molar-refractivity contribution in [3.8, 4) is 0 Å². The van der Waals surface area contributed by atoms with Gasteiger partial charge < -0.3 is 20.7 Å². The lowest BCUT2D eigenvalue weighted by molar-refractivity contribution is -0.124. The fourth-order valence-electron chi connectivity index (χ4n) is 10.1. The predicted octanol–water partition coefficient (Wildman–Crippen LogP) is 13.6. The minimum Gasteiger partial charge on any atom is -0.378 e. The lowest BCUT2D eigenvalue weighted by Gasteiger charge is -2.36. The molecule has 5 atom stereocenters. The molecule has 0 aliphatic heterocycles. The number of amides is 3. The molecule has 2 rings (SSSR count). The van der Waals surface area contributed by atoms with Crippen molar-refractivity contribution in [2.75, 3.05) is 19.7 Å². The van der Waals surface area contributed by atoms with E-state index in [-0.39, 0.29) is 23.3 Å². The molecule has 2 aliphatic carbocycles. The maximum absolute atomic E-state index is 13.6. The molecule has 0 aromatic carbocycles. The summed E-state index contributed by atoms with van der Waals surface area (Å²) in [6.07, 6.45) is 28.0. The zero-order valence-corrected chi connectivity index (χ0v) is 41.4. The predicted molar refractivity (Wildman–Crippen MR) is 259 cm³/mol. The maximum atomic E-state index is 13.6. The van der Waals surface area contributed by atoms with Crippen LogP contribution in [0.1, 0.15) is 229 Å². The molecule has 2 aliphatic rings. The molecular formula is C54H99N3O4. The highest BCUT2D eigenvalue weighted by atomic mass is 16.5. The van der Waals surface area contributed by atoms with Gasteiger partial charge in [0.25, 0.3) is 0 Å². The number of ether oxygens (including phenoxy) is 1. The van der Waals surface area contributed by atoms with Crippen molar-refractivity contribution >= 4 is 17.7 Å². The first-order valence-electron chi connectivity index (χ1n) is 25.9. The number of carbonyl (C=O) groups excluding carboxylic acids is 3. The summed E-state index contributed by atoms with van der Waals surface area (Å²) in [5, 5.41) is 9.87. The molecule has 3 amide bonds. The average molecular weight is 854 g/mol. The highest BCUT2D eigenvalue weighted by Crippen LogP contribution is 2.36. The molecule has 2 saturated carbocycles. The first-order chi connectivity index (χ1) is 29.1. The fraction of sp³-hybridized carbons (Fsp3) is 0.870. The van der Waals surface area contributed by atoms with E-state index in [1.165, 1.54) is 75.4 Å². The largest absolute Gasteiger partial charge is 0.378 e. The number of rotatable bonds is 34. The van der Waals surface area contributed by atoms with Gasteiger partial charge in [0.15, 0.2) is 0 Å². The summed E-state index contributed by atoms with van der Waals surface area (Å²) >= 11 is 0. The monoisotopic (exact) mass is 854 g/mol. The van der Waals surface area contributed by atoms with Crippen LogP contribution in [0.2, 0.25) is 0 Å². The third-order valence-corrected chi connectivity index (χ3v) is 14.7. The molecule has 2 fully saturated rings. The standard InChI is InChI=1S/C54H99N3O4/c1-11-47-28-27-46(10)50(38-47)61-40-45(9)33-37-55-51(58)24-14-17-36-54(34-15-12-20-41(2)3,35-16-13-21-42(4)5)57-53(60)26-19-25-52(59)56-39-44(8)22-18-23-48-29-31-49(32-30-48)43(6)7/h43-50H,2,4,11-40H2,1,3,5-10H3,(H,55,58)(H,56,59)(H,57,60). The second kappa shape index (κ2) is 31.7. The van der Waals surface area contributed by atoms with Crippen molar-refractivity contribution in [1.82, 2.24) is 16.0 Å². The summed E-state index contributed by atoms with van der Waals surface area (Å²) in [4.78, 5) is 39.4. The summed E-state index contributed by atoms with van der Waals surface area (Å²) in [7, 11) is 0. The van der Waals surface area contributed by atoms with Gasteiger partial charge in [0.2, 0.25) is 17.7 Å². The smallest absolute Gasteiger partial charge is 0.220 e. The Balaban J connectivity index is 1.81. The molecule has 61 heavy (non-hydrogen) atoms. The lowest BCUT2D eigenvalue weighted by atomic mass is 9.75. The highest BCUT2D eigenvalue weighted by molar-refractivity contribution is 5.79. The van der Waals surface area contributed by atoms with Crippen LogP contribution in [-0.4, -0.2) is 49.1 Å².